The molecule has 2 unspecified atom stereocenters. The molecule has 0 rings (SSSR count). The number of aliphatic hydroxyl groups excluding tert-OH is 3. The Balaban J connectivity index is 3.64. The van der Waals surface area contributed by atoms with Gasteiger partial charge in [-0.3, -0.25) is 4.79 Å². The van der Waals surface area contributed by atoms with Crippen LogP contribution in [0.5, 0.6) is 0 Å². The van der Waals surface area contributed by atoms with Gasteiger partial charge in [-0.2, -0.15) is 5.26 Å². The number of aliphatic hydroxyl groups is 3. The van der Waals surface area contributed by atoms with Gasteiger partial charge in [0.25, 0.3) is 0 Å². The third-order valence-electron chi connectivity index (χ3n) is 1.63. The highest BCUT2D eigenvalue weighted by Crippen LogP contribution is 2.03. The van der Waals surface area contributed by atoms with Gasteiger partial charge >= 0.3 is 0 Å². The quantitative estimate of drug-likeness (QED) is 0.493. The zero-order valence-electron chi connectivity index (χ0n) is 7.18. The summed E-state index contributed by atoms with van der Waals surface area (Å²) in [5, 5.41) is 34.5. The molecule has 0 spiro atoms. The largest absolute Gasteiger partial charge is 0.394 e. The molecule has 0 aromatic rings. The van der Waals surface area contributed by atoms with Gasteiger partial charge in [-0.05, 0) is 6.42 Å². The highest BCUT2D eigenvalue weighted by molar-refractivity contribution is 5.80. The van der Waals surface area contributed by atoms with Gasteiger partial charge in [0, 0.05) is 6.42 Å². The molecule has 5 nitrogen and oxygen atoms in total. The Bertz CT molecular complexity index is 199. The van der Waals surface area contributed by atoms with Crippen LogP contribution in [0.1, 0.15) is 19.3 Å². The Labute approximate surface area is 76.2 Å². The Morgan fingerprint density at radius 3 is 2.46 bits per heavy atom. The first-order valence-electron chi connectivity index (χ1n) is 3.97. The lowest BCUT2D eigenvalue weighted by Crippen LogP contribution is -2.29. The van der Waals surface area contributed by atoms with Crippen LogP contribution in [0, 0.1) is 11.3 Å². The summed E-state index contributed by atoms with van der Waals surface area (Å²) >= 11 is 0. The van der Waals surface area contributed by atoms with Crippen molar-refractivity contribution in [1.29, 1.82) is 5.26 Å². The fourth-order valence-electron chi connectivity index (χ4n) is 0.799. The number of nitrogens with zero attached hydrogens (tertiary/aromatic N) is 1. The number of hydrogen-bond acceptors (Lipinski definition) is 5. The van der Waals surface area contributed by atoms with Crippen molar-refractivity contribution in [3.05, 3.63) is 0 Å². The van der Waals surface area contributed by atoms with Crippen molar-refractivity contribution in [2.45, 2.75) is 31.5 Å². The van der Waals surface area contributed by atoms with Crippen molar-refractivity contribution < 1.29 is 20.1 Å². The number of nitriles is 1. The highest BCUT2D eigenvalue weighted by atomic mass is 16.4. The summed E-state index contributed by atoms with van der Waals surface area (Å²) < 4.78 is 0. The van der Waals surface area contributed by atoms with E-state index >= 15 is 0 Å². The van der Waals surface area contributed by atoms with Gasteiger partial charge in [-0.1, -0.05) is 0 Å². The molecule has 0 aromatic heterocycles. The Kier molecular flexibility index (Phi) is 6.06. The maximum atomic E-state index is 10.8. The predicted molar refractivity (Wildman–Crippen MR) is 43.6 cm³/mol. The molecule has 13 heavy (non-hydrogen) atoms. The van der Waals surface area contributed by atoms with Crippen LogP contribution in [0.25, 0.3) is 0 Å². The minimum absolute atomic E-state index is 0.0474. The second-order valence-corrected chi connectivity index (χ2v) is 2.73. The average molecular weight is 187 g/mol. The lowest BCUT2D eigenvalue weighted by atomic mass is 10.1. The molecule has 0 aliphatic carbocycles. The molecule has 0 saturated carbocycles. The maximum Gasteiger partial charge on any atom is 0.147 e. The molecule has 0 aromatic carbocycles. The first-order chi connectivity index (χ1) is 6.11. The molecule has 74 valence electrons. The van der Waals surface area contributed by atoms with Crippen molar-refractivity contribution in [1.82, 2.24) is 0 Å². The number of carbonyl (C=O) groups is 1. The van der Waals surface area contributed by atoms with Gasteiger partial charge in [0.1, 0.15) is 11.9 Å². The minimum Gasteiger partial charge on any atom is -0.394 e. The van der Waals surface area contributed by atoms with E-state index in [1.165, 1.54) is 0 Å². The molecule has 0 radical (unpaired) electrons. The zero-order chi connectivity index (χ0) is 10.3. The van der Waals surface area contributed by atoms with Crippen molar-refractivity contribution in [3.63, 3.8) is 0 Å². The second-order valence-electron chi connectivity index (χ2n) is 2.73. The summed E-state index contributed by atoms with van der Waals surface area (Å²) in [4.78, 5) is 10.8. The predicted octanol–water partition coefficient (Wildman–Crippen LogP) is -1.04. The van der Waals surface area contributed by atoms with Crippen molar-refractivity contribution in [3.8, 4) is 6.07 Å². The molecule has 3 N–H and O–H groups in total. The van der Waals surface area contributed by atoms with E-state index in [4.69, 9.17) is 20.6 Å². The molecule has 5 heteroatoms. The van der Waals surface area contributed by atoms with Gasteiger partial charge in [0.15, 0.2) is 0 Å². The summed E-state index contributed by atoms with van der Waals surface area (Å²) in [6.45, 7) is -0.534. The molecule has 0 aliphatic rings. The van der Waals surface area contributed by atoms with Gasteiger partial charge < -0.3 is 15.3 Å². The Morgan fingerprint density at radius 1 is 1.38 bits per heavy atom. The van der Waals surface area contributed by atoms with E-state index in [0.29, 0.717) is 0 Å². The van der Waals surface area contributed by atoms with E-state index in [1.54, 1.807) is 6.07 Å². The van der Waals surface area contributed by atoms with Gasteiger partial charge in [0.05, 0.1) is 25.2 Å². The van der Waals surface area contributed by atoms with E-state index in [9.17, 15) is 4.79 Å². The van der Waals surface area contributed by atoms with Crippen LogP contribution in [-0.2, 0) is 4.79 Å². The van der Waals surface area contributed by atoms with Crippen LogP contribution in [-0.4, -0.2) is 39.9 Å². The maximum absolute atomic E-state index is 10.8. The number of carbonyl (C=O) groups excluding carboxylic acids is 1. The highest BCUT2D eigenvalue weighted by Gasteiger charge is 2.15. The van der Waals surface area contributed by atoms with E-state index in [1.807, 2.05) is 0 Å². The average Bonchev–Trinajstić information content (AvgIpc) is 2.13. The lowest BCUT2D eigenvalue weighted by Gasteiger charge is -2.14. The van der Waals surface area contributed by atoms with Crippen LogP contribution in [0.4, 0.5) is 0 Å². The van der Waals surface area contributed by atoms with E-state index in [2.05, 4.69) is 0 Å². The van der Waals surface area contributed by atoms with E-state index in [0.717, 1.165) is 0 Å². The fraction of sp³-hybridized carbons (Fsp3) is 0.750. The van der Waals surface area contributed by atoms with Gasteiger partial charge in [-0.25, -0.2) is 0 Å². The lowest BCUT2D eigenvalue weighted by molar-refractivity contribution is -0.119. The molecule has 0 bridgehead atoms. The van der Waals surface area contributed by atoms with Gasteiger partial charge in [-0.15, -0.1) is 0 Å². The molecular formula is C8H13NO4. The summed E-state index contributed by atoms with van der Waals surface area (Å²) in [5.74, 6) is -0.272. The molecular weight excluding hydrogens is 174 g/mol. The third kappa shape index (κ3) is 5.31. The topological polar surface area (TPSA) is 102 Å². The van der Waals surface area contributed by atoms with E-state index in [-0.39, 0.29) is 25.0 Å². The number of Topliss-reactive ketones (excluding diaryl/α,β-unsaturated/α-hetero) is 1. The monoisotopic (exact) mass is 187 g/mol. The van der Waals surface area contributed by atoms with Crippen molar-refractivity contribution in [2.24, 2.45) is 0 Å². The zero-order valence-corrected chi connectivity index (χ0v) is 7.18. The first kappa shape index (κ1) is 12.0. The molecule has 0 heterocycles. The summed E-state index contributed by atoms with van der Waals surface area (Å²) in [6.07, 6.45) is -2.38. The van der Waals surface area contributed by atoms with Crippen LogP contribution in [0.2, 0.25) is 0 Å². The number of ketones is 1. The standard InChI is InChI=1S/C8H13NO4/c9-4-3-6(11)1-2-7(12)8(13)5-10/h7-8,10,12-13H,1-3,5H2. The summed E-state index contributed by atoms with van der Waals surface area (Å²) in [7, 11) is 0. The molecule has 0 aliphatic heterocycles. The molecule has 0 fully saturated rings. The Morgan fingerprint density at radius 2 is 2.00 bits per heavy atom. The molecule has 2 atom stereocenters. The van der Waals surface area contributed by atoms with Crippen LogP contribution >= 0.6 is 0 Å². The van der Waals surface area contributed by atoms with Crippen LogP contribution in [0.3, 0.4) is 0 Å². The van der Waals surface area contributed by atoms with Crippen LogP contribution in [0.15, 0.2) is 0 Å². The first-order valence-corrected chi connectivity index (χ1v) is 3.97. The normalized spacial score (nSPS) is 14.6. The number of hydrogen-bond donors (Lipinski definition) is 3. The van der Waals surface area contributed by atoms with Crippen molar-refractivity contribution >= 4 is 5.78 Å². The van der Waals surface area contributed by atoms with Gasteiger partial charge in [0.2, 0.25) is 0 Å². The summed E-state index contributed by atoms with van der Waals surface area (Å²) in [6, 6.07) is 1.69. The van der Waals surface area contributed by atoms with Crippen molar-refractivity contribution in [2.75, 3.05) is 6.61 Å². The fourth-order valence-corrected chi connectivity index (χ4v) is 0.799. The second kappa shape index (κ2) is 6.54. The molecule has 0 saturated heterocycles. The molecule has 0 amide bonds. The van der Waals surface area contributed by atoms with E-state index < -0.39 is 18.8 Å². The number of rotatable bonds is 6. The smallest absolute Gasteiger partial charge is 0.147 e. The SMILES string of the molecule is N#CCC(=O)CCC(O)C(O)CO. The minimum atomic E-state index is -1.21. The summed E-state index contributed by atoms with van der Waals surface area (Å²) in [5.41, 5.74) is 0. The Hall–Kier alpha value is -0.960. The van der Waals surface area contributed by atoms with Crippen LogP contribution < -0.4 is 0 Å². The third-order valence-corrected chi connectivity index (χ3v) is 1.63.